The molecular formula is C19H31ClN2O2. The summed E-state index contributed by atoms with van der Waals surface area (Å²) in [5.41, 5.74) is 6.70. The quantitative estimate of drug-likeness (QED) is 0.756. The molecule has 136 valence electrons. The number of amides is 1. The number of hydrogen-bond donors (Lipinski definition) is 1. The van der Waals surface area contributed by atoms with Gasteiger partial charge in [0.1, 0.15) is 5.75 Å². The summed E-state index contributed by atoms with van der Waals surface area (Å²) in [4.78, 5) is 14.5. The van der Waals surface area contributed by atoms with E-state index in [4.69, 9.17) is 10.5 Å². The highest BCUT2D eigenvalue weighted by Crippen LogP contribution is 2.22. The predicted octanol–water partition coefficient (Wildman–Crippen LogP) is 3.88. The van der Waals surface area contributed by atoms with Crippen molar-refractivity contribution in [2.75, 3.05) is 19.7 Å². The van der Waals surface area contributed by atoms with Crippen LogP contribution in [0.2, 0.25) is 0 Å². The molecule has 1 aromatic rings. The third kappa shape index (κ3) is 5.99. The van der Waals surface area contributed by atoms with E-state index < -0.39 is 0 Å². The fourth-order valence-electron chi connectivity index (χ4n) is 3.05. The van der Waals surface area contributed by atoms with Gasteiger partial charge in [0.15, 0.2) is 0 Å². The maximum absolute atomic E-state index is 12.5. The SMILES string of the molecule is CCCCCOc1ccc(C(=O)N2CCC(C(C)N)CC2)cc1.Cl. The van der Waals surface area contributed by atoms with Gasteiger partial charge in [-0.1, -0.05) is 19.8 Å². The lowest BCUT2D eigenvalue weighted by Gasteiger charge is -2.33. The van der Waals surface area contributed by atoms with E-state index in [-0.39, 0.29) is 24.4 Å². The Kier molecular flexibility index (Phi) is 9.16. The van der Waals surface area contributed by atoms with E-state index in [0.717, 1.165) is 50.3 Å². The van der Waals surface area contributed by atoms with Gasteiger partial charge in [-0.3, -0.25) is 4.79 Å². The minimum Gasteiger partial charge on any atom is -0.494 e. The van der Waals surface area contributed by atoms with E-state index in [2.05, 4.69) is 13.8 Å². The Balaban J connectivity index is 0.00000288. The average Bonchev–Trinajstić information content (AvgIpc) is 2.59. The first kappa shape index (κ1) is 20.8. The van der Waals surface area contributed by atoms with E-state index in [1.165, 1.54) is 12.8 Å². The zero-order valence-electron chi connectivity index (χ0n) is 14.9. The molecule has 1 fully saturated rings. The van der Waals surface area contributed by atoms with Gasteiger partial charge in [0.2, 0.25) is 0 Å². The molecule has 0 aromatic heterocycles. The second-order valence-electron chi connectivity index (χ2n) is 6.57. The third-order valence-electron chi connectivity index (χ3n) is 4.69. The number of ether oxygens (including phenoxy) is 1. The van der Waals surface area contributed by atoms with Crippen molar-refractivity contribution >= 4 is 18.3 Å². The summed E-state index contributed by atoms with van der Waals surface area (Å²) in [6.45, 7) is 6.59. The lowest BCUT2D eigenvalue weighted by Crippen LogP contribution is -2.42. The van der Waals surface area contributed by atoms with Crippen LogP contribution in [0.15, 0.2) is 24.3 Å². The number of benzene rings is 1. The van der Waals surface area contributed by atoms with Crippen molar-refractivity contribution in [3.05, 3.63) is 29.8 Å². The van der Waals surface area contributed by atoms with Gasteiger partial charge in [-0.2, -0.15) is 0 Å². The Morgan fingerprint density at radius 1 is 1.25 bits per heavy atom. The number of unbranched alkanes of at least 4 members (excludes halogenated alkanes) is 2. The van der Waals surface area contributed by atoms with Crippen LogP contribution in [0.5, 0.6) is 5.75 Å². The number of carbonyl (C=O) groups excluding carboxylic acids is 1. The average molecular weight is 355 g/mol. The van der Waals surface area contributed by atoms with Gasteiger partial charge in [0.25, 0.3) is 5.91 Å². The van der Waals surface area contributed by atoms with Crippen molar-refractivity contribution in [3.8, 4) is 5.75 Å². The van der Waals surface area contributed by atoms with Crippen LogP contribution in [0, 0.1) is 5.92 Å². The molecule has 0 spiro atoms. The fraction of sp³-hybridized carbons (Fsp3) is 0.632. The number of nitrogens with zero attached hydrogens (tertiary/aromatic N) is 1. The van der Waals surface area contributed by atoms with Gasteiger partial charge in [-0.05, 0) is 56.4 Å². The van der Waals surface area contributed by atoms with Crippen molar-refractivity contribution in [3.63, 3.8) is 0 Å². The zero-order chi connectivity index (χ0) is 16.7. The van der Waals surface area contributed by atoms with Crippen LogP contribution in [0.1, 0.15) is 56.3 Å². The molecule has 2 N–H and O–H groups in total. The number of carbonyl (C=O) groups is 1. The zero-order valence-corrected chi connectivity index (χ0v) is 15.7. The molecule has 0 saturated carbocycles. The number of piperidine rings is 1. The van der Waals surface area contributed by atoms with E-state index >= 15 is 0 Å². The topological polar surface area (TPSA) is 55.6 Å². The number of likely N-dealkylation sites (tertiary alicyclic amines) is 1. The van der Waals surface area contributed by atoms with Crippen LogP contribution in [-0.4, -0.2) is 36.5 Å². The first-order valence-corrected chi connectivity index (χ1v) is 8.89. The Hall–Kier alpha value is -1.26. The minimum atomic E-state index is 0. The monoisotopic (exact) mass is 354 g/mol. The third-order valence-corrected chi connectivity index (χ3v) is 4.69. The molecule has 4 nitrogen and oxygen atoms in total. The Morgan fingerprint density at radius 3 is 2.42 bits per heavy atom. The molecule has 1 heterocycles. The molecule has 1 aliphatic heterocycles. The molecule has 24 heavy (non-hydrogen) atoms. The highest BCUT2D eigenvalue weighted by atomic mass is 35.5. The van der Waals surface area contributed by atoms with Gasteiger partial charge in [-0.25, -0.2) is 0 Å². The highest BCUT2D eigenvalue weighted by molar-refractivity contribution is 5.94. The molecule has 0 aliphatic carbocycles. The maximum atomic E-state index is 12.5. The summed E-state index contributed by atoms with van der Waals surface area (Å²) in [6, 6.07) is 7.75. The first-order chi connectivity index (χ1) is 11.1. The van der Waals surface area contributed by atoms with Crippen LogP contribution in [0.4, 0.5) is 0 Å². The Bertz CT molecular complexity index is 483. The molecule has 5 heteroatoms. The van der Waals surface area contributed by atoms with E-state index in [0.29, 0.717) is 5.92 Å². The second-order valence-corrected chi connectivity index (χ2v) is 6.57. The Morgan fingerprint density at radius 2 is 1.88 bits per heavy atom. The van der Waals surface area contributed by atoms with Gasteiger partial charge in [0, 0.05) is 24.7 Å². The molecule has 1 aliphatic rings. The first-order valence-electron chi connectivity index (χ1n) is 8.89. The number of rotatable bonds is 7. The normalized spacial score (nSPS) is 16.4. The lowest BCUT2D eigenvalue weighted by atomic mass is 9.90. The molecule has 0 radical (unpaired) electrons. The number of halogens is 1. The van der Waals surface area contributed by atoms with E-state index in [1.807, 2.05) is 29.2 Å². The molecule has 1 aromatic carbocycles. The fourth-order valence-corrected chi connectivity index (χ4v) is 3.05. The summed E-state index contributed by atoms with van der Waals surface area (Å²) in [7, 11) is 0. The van der Waals surface area contributed by atoms with Crippen LogP contribution >= 0.6 is 12.4 Å². The number of hydrogen-bond acceptors (Lipinski definition) is 3. The number of nitrogens with two attached hydrogens (primary N) is 1. The van der Waals surface area contributed by atoms with Gasteiger partial charge >= 0.3 is 0 Å². The molecule has 0 bridgehead atoms. The summed E-state index contributed by atoms with van der Waals surface area (Å²) < 4.78 is 5.69. The molecule has 1 atom stereocenters. The largest absolute Gasteiger partial charge is 0.494 e. The van der Waals surface area contributed by atoms with Crippen LogP contribution in [0.25, 0.3) is 0 Å². The smallest absolute Gasteiger partial charge is 0.253 e. The van der Waals surface area contributed by atoms with Gasteiger partial charge in [0.05, 0.1) is 6.61 Å². The molecule has 1 saturated heterocycles. The molecular weight excluding hydrogens is 324 g/mol. The predicted molar refractivity (Wildman–Crippen MR) is 101 cm³/mol. The molecule has 2 rings (SSSR count). The summed E-state index contributed by atoms with van der Waals surface area (Å²) in [5.74, 6) is 1.50. The van der Waals surface area contributed by atoms with Crippen LogP contribution < -0.4 is 10.5 Å². The standard InChI is InChI=1S/C19H30N2O2.ClH/c1-3-4-5-14-23-18-8-6-17(7-9-18)19(22)21-12-10-16(11-13-21)15(2)20;/h6-9,15-16H,3-5,10-14,20H2,1-2H3;1H. The summed E-state index contributed by atoms with van der Waals surface area (Å²) in [5, 5.41) is 0. The van der Waals surface area contributed by atoms with Gasteiger partial charge < -0.3 is 15.4 Å². The minimum absolute atomic E-state index is 0. The lowest BCUT2D eigenvalue weighted by molar-refractivity contribution is 0.0681. The molecule has 1 amide bonds. The van der Waals surface area contributed by atoms with E-state index in [9.17, 15) is 4.79 Å². The van der Waals surface area contributed by atoms with Gasteiger partial charge in [-0.15, -0.1) is 12.4 Å². The van der Waals surface area contributed by atoms with Crippen LogP contribution in [0.3, 0.4) is 0 Å². The maximum Gasteiger partial charge on any atom is 0.253 e. The molecule has 1 unspecified atom stereocenters. The summed E-state index contributed by atoms with van der Waals surface area (Å²) in [6.07, 6.45) is 5.46. The van der Waals surface area contributed by atoms with Crippen molar-refractivity contribution < 1.29 is 9.53 Å². The van der Waals surface area contributed by atoms with Crippen molar-refractivity contribution in [2.45, 2.75) is 52.0 Å². The van der Waals surface area contributed by atoms with Crippen LogP contribution in [-0.2, 0) is 0 Å². The van der Waals surface area contributed by atoms with Crippen molar-refractivity contribution in [1.82, 2.24) is 4.90 Å². The Labute approximate surface area is 152 Å². The highest BCUT2D eigenvalue weighted by Gasteiger charge is 2.25. The summed E-state index contributed by atoms with van der Waals surface area (Å²) >= 11 is 0. The van der Waals surface area contributed by atoms with Crippen molar-refractivity contribution in [2.24, 2.45) is 11.7 Å². The van der Waals surface area contributed by atoms with Crippen molar-refractivity contribution in [1.29, 1.82) is 0 Å². The second kappa shape index (κ2) is 10.6. The van der Waals surface area contributed by atoms with E-state index in [1.54, 1.807) is 0 Å².